The van der Waals surface area contributed by atoms with Gasteiger partial charge < -0.3 is 9.32 Å². The van der Waals surface area contributed by atoms with E-state index in [4.69, 9.17) is 4.42 Å². The predicted molar refractivity (Wildman–Crippen MR) is 100 cm³/mol. The van der Waals surface area contributed by atoms with Crippen molar-refractivity contribution in [2.75, 3.05) is 37.6 Å². The van der Waals surface area contributed by atoms with E-state index in [1.165, 1.54) is 0 Å². The SMILES string of the molecule is O=c1oc2ccccc2n1CCCCN1CCN(c2ncccn2)CC1. The Hall–Kier alpha value is -2.67. The van der Waals surface area contributed by atoms with Gasteiger partial charge in [0.15, 0.2) is 5.58 Å². The lowest BCUT2D eigenvalue weighted by molar-refractivity contribution is 0.250. The van der Waals surface area contributed by atoms with E-state index < -0.39 is 0 Å². The fraction of sp³-hybridized carbons (Fsp3) is 0.421. The molecule has 4 rings (SSSR count). The van der Waals surface area contributed by atoms with Gasteiger partial charge in [0.2, 0.25) is 5.95 Å². The summed E-state index contributed by atoms with van der Waals surface area (Å²) >= 11 is 0. The number of aromatic nitrogens is 3. The van der Waals surface area contributed by atoms with Crippen LogP contribution in [0, 0.1) is 0 Å². The molecule has 3 heterocycles. The van der Waals surface area contributed by atoms with Crippen molar-refractivity contribution in [3.63, 3.8) is 0 Å². The molecule has 0 amide bonds. The first-order valence-corrected chi connectivity index (χ1v) is 9.14. The van der Waals surface area contributed by atoms with Crippen LogP contribution in [0.2, 0.25) is 0 Å². The van der Waals surface area contributed by atoms with Crippen LogP contribution in [0.15, 0.2) is 51.9 Å². The monoisotopic (exact) mass is 353 g/mol. The van der Waals surface area contributed by atoms with Crippen LogP contribution in [-0.2, 0) is 6.54 Å². The van der Waals surface area contributed by atoms with Gasteiger partial charge >= 0.3 is 5.76 Å². The number of para-hydroxylation sites is 2. The summed E-state index contributed by atoms with van der Waals surface area (Å²) in [4.78, 5) is 25.3. The zero-order valence-electron chi connectivity index (χ0n) is 14.8. The number of unbranched alkanes of at least 4 members (excludes halogenated alkanes) is 1. The van der Waals surface area contributed by atoms with Gasteiger partial charge in [0.25, 0.3) is 0 Å². The number of nitrogens with zero attached hydrogens (tertiary/aromatic N) is 5. The highest BCUT2D eigenvalue weighted by atomic mass is 16.4. The molecule has 7 nitrogen and oxygen atoms in total. The molecule has 7 heteroatoms. The quantitative estimate of drug-likeness (QED) is 0.632. The molecule has 1 aliphatic rings. The first-order valence-electron chi connectivity index (χ1n) is 9.14. The van der Waals surface area contributed by atoms with Gasteiger partial charge in [0.05, 0.1) is 5.52 Å². The second kappa shape index (κ2) is 7.70. The Morgan fingerprint density at radius 1 is 0.923 bits per heavy atom. The fourth-order valence-electron chi connectivity index (χ4n) is 3.46. The molecule has 0 atom stereocenters. The number of anilines is 1. The van der Waals surface area contributed by atoms with Gasteiger partial charge in [0, 0.05) is 45.1 Å². The number of benzene rings is 1. The maximum atomic E-state index is 12.0. The molecule has 1 aromatic carbocycles. The zero-order valence-corrected chi connectivity index (χ0v) is 14.8. The van der Waals surface area contributed by atoms with Gasteiger partial charge in [-0.15, -0.1) is 0 Å². The highest BCUT2D eigenvalue weighted by molar-refractivity contribution is 5.72. The van der Waals surface area contributed by atoms with E-state index in [-0.39, 0.29) is 5.76 Å². The molecular weight excluding hydrogens is 330 g/mol. The van der Waals surface area contributed by atoms with E-state index in [1.54, 1.807) is 17.0 Å². The Labute approximate surface area is 151 Å². The number of piperazine rings is 1. The number of rotatable bonds is 6. The molecule has 1 saturated heterocycles. The molecule has 0 radical (unpaired) electrons. The molecule has 2 aromatic heterocycles. The maximum absolute atomic E-state index is 12.0. The lowest BCUT2D eigenvalue weighted by Gasteiger charge is -2.34. The van der Waals surface area contributed by atoms with Crippen LogP contribution in [0.25, 0.3) is 11.1 Å². The van der Waals surface area contributed by atoms with Crippen LogP contribution in [-0.4, -0.2) is 52.2 Å². The van der Waals surface area contributed by atoms with E-state index in [0.29, 0.717) is 12.1 Å². The normalized spacial score (nSPS) is 15.6. The Bertz CT molecular complexity index is 897. The van der Waals surface area contributed by atoms with E-state index in [9.17, 15) is 4.79 Å². The second-order valence-electron chi connectivity index (χ2n) is 6.57. The molecule has 0 saturated carbocycles. The molecular formula is C19H23N5O2. The molecule has 1 aliphatic heterocycles. The number of hydrogen-bond donors (Lipinski definition) is 0. The average Bonchev–Trinajstić information content (AvgIpc) is 3.01. The van der Waals surface area contributed by atoms with Crippen molar-refractivity contribution in [2.24, 2.45) is 0 Å². The first-order chi connectivity index (χ1) is 12.8. The van der Waals surface area contributed by atoms with Gasteiger partial charge in [-0.2, -0.15) is 0 Å². The Morgan fingerprint density at radius 3 is 2.46 bits per heavy atom. The number of oxazole rings is 1. The lowest BCUT2D eigenvalue weighted by Crippen LogP contribution is -2.47. The molecule has 26 heavy (non-hydrogen) atoms. The molecule has 0 bridgehead atoms. The van der Waals surface area contributed by atoms with Crippen LogP contribution < -0.4 is 10.7 Å². The van der Waals surface area contributed by atoms with Crippen LogP contribution in [0.1, 0.15) is 12.8 Å². The zero-order chi connectivity index (χ0) is 17.8. The molecule has 0 unspecified atom stereocenters. The number of aryl methyl sites for hydroxylation is 1. The Balaban J connectivity index is 1.23. The van der Waals surface area contributed by atoms with Gasteiger partial charge in [-0.05, 0) is 37.6 Å². The van der Waals surface area contributed by atoms with E-state index >= 15 is 0 Å². The van der Waals surface area contributed by atoms with E-state index in [0.717, 1.165) is 57.0 Å². The van der Waals surface area contributed by atoms with Crippen LogP contribution in [0.5, 0.6) is 0 Å². The van der Waals surface area contributed by atoms with Crippen LogP contribution in [0.3, 0.4) is 0 Å². The summed E-state index contributed by atoms with van der Waals surface area (Å²) in [5, 5.41) is 0. The topological polar surface area (TPSA) is 67.4 Å². The van der Waals surface area contributed by atoms with Crippen molar-refractivity contribution in [1.82, 2.24) is 19.4 Å². The van der Waals surface area contributed by atoms with Gasteiger partial charge in [-0.25, -0.2) is 14.8 Å². The van der Waals surface area contributed by atoms with Crippen molar-refractivity contribution < 1.29 is 4.42 Å². The molecule has 136 valence electrons. The largest absolute Gasteiger partial charge is 0.419 e. The highest BCUT2D eigenvalue weighted by Crippen LogP contribution is 2.13. The molecule has 0 spiro atoms. The number of fused-ring (bicyclic) bond motifs is 1. The predicted octanol–water partition coefficient (Wildman–Crippen LogP) is 1.99. The first kappa shape index (κ1) is 16.8. The average molecular weight is 353 g/mol. The summed E-state index contributed by atoms with van der Waals surface area (Å²) in [6, 6.07) is 9.43. The van der Waals surface area contributed by atoms with Gasteiger partial charge in [-0.3, -0.25) is 9.47 Å². The van der Waals surface area contributed by atoms with Crippen LogP contribution in [0.4, 0.5) is 5.95 Å². The smallest absolute Gasteiger partial charge is 0.408 e. The van der Waals surface area contributed by atoms with Gasteiger partial charge in [-0.1, -0.05) is 12.1 Å². The summed E-state index contributed by atoms with van der Waals surface area (Å²) in [5.74, 6) is 0.557. The molecule has 0 N–H and O–H groups in total. The minimum atomic E-state index is -0.261. The summed E-state index contributed by atoms with van der Waals surface area (Å²) in [6.07, 6.45) is 5.60. The standard InChI is InChI=1S/C19H23N5O2/c25-19-24(16-6-1-2-7-17(16)26-19)11-4-3-10-22-12-14-23(15-13-22)18-20-8-5-9-21-18/h1-2,5-9H,3-4,10-15H2. The Kier molecular flexibility index (Phi) is 4.97. The second-order valence-corrected chi connectivity index (χ2v) is 6.57. The Morgan fingerprint density at radius 2 is 1.65 bits per heavy atom. The minimum absolute atomic E-state index is 0.261. The fourth-order valence-corrected chi connectivity index (χ4v) is 3.46. The van der Waals surface area contributed by atoms with Gasteiger partial charge in [0.1, 0.15) is 0 Å². The third-order valence-electron chi connectivity index (χ3n) is 4.89. The summed E-state index contributed by atoms with van der Waals surface area (Å²) in [5.41, 5.74) is 1.55. The maximum Gasteiger partial charge on any atom is 0.419 e. The highest BCUT2D eigenvalue weighted by Gasteiger charge is 2.18. The van der Waals surface area contributed by atoms with Crippen molar-refractivity contribution in [2.45, 2.75) is 19.4 Å². The summed E-state index contributed by atoms with van der Waals surface area (Å²) in [6.45, 7) is 5.70. The van der Waals surface area contributed by atoms with E-state index in [1.807, 2.05) is 30.3 Å². The minimum Gasteiger partial charge on any atom is -0.408 e. The molecule has 1 fully saturated rings. The van der Waals surface area contributed by atoms with Crippen molar-refractivity contribution >= 4 is 17.0 Å². The summed E-state index contributed by atoms with van der Waals surface area (Å²) in [7, 11) is 0. The van der Waals surface area contributed by atoms with Crippen molar-refractivity contribution in [3.05, 3.63) is 53.3 Å². The third kappa shape index (κ3) is 3.62. The molecule has 0 aliphatic carbocycles. The third-order valence-corrected chi connectivity index (χ3v) is 4.89. The summed E-state index contributed by atoms with van der Waals surface area (Å²) < 4.78 is 7.02. The van der Waals surface area contributed by atoms with Crippen LogP contribution >= 0.6 is 0 Å². The number of hydrogen-bond acceptors (Lipinski definition) is 6. The molecule has 3 aromatic rings. The van der Waals surface area contributed by atoms with Crippen molar-refractivity contribution in [3.8, 4) is 0 Å². The lowest BCUT2D eigenvalue weighted by atomic mass is 10.2. The van der Waals surface area contributed by atoms with Crippen molar-refractivity contribution in [1.29, 1.82) is 0 Å². The van der Waals surface area contributed by atoms with E-state index in [2.05, 4.69) is 19.8 Å².